The summed E-state index contributed by atoms with van der Waals surface area (Å²) in [6.45, 7) is 0. The molecular formula is C13H14NO3-. The summed E-state index contributed by atoms with van der Waals surface area (Å²) in [4.78, 5) is 22.4. The molecule has 1 aliphatic rings. The van der Waals surface area contributed by atoms with E-state index in [9.17, 15) is 14.7 Å². The van der Waals surface area contributed by atoms with Gasteiger partial charge in [-0.2, -0.15) is 0 Å². The Morgan fingerprint density at radius 3 is 2.12 bits per heavy atom. The van der Waals surface area contributed by atoms with Crippen LogP contribution >= 0.6 is 0 Å². The number of aromatic carboxylic acids is 1. The Balaban J connectivity index is 2.01. The molecule has 0 bridgehead atoms. The molecular weight excluding hydrogens is 218 g/mol. The quantitative estimate of drug-likeness (QED) is 0.835. The van der Waals surface area contributed by atoms with Crippen LogP contribution in [0.2, 0.25) is 0 Å². The van der Waals surface area contributed by atoms with Crippen molar-refractivity contribution in [1.82, 2.24) is 5.32 Å². The molecule has 90 valence electrons. The highest BCUT2D eigenvalue weighted by Crippen LogP contribution is 2.18. The second-order valence-corrected chi connectivity index (χ2v) is 4.32. The van der Waals surface area contributed by atoms with Crippen LogP contribution in [0.1, 0.15) is 46.4 Å². The molecule has 0 radical (unpaired) electrons. The largest absolute Gasteiger partial charge is 0.545 e. The number of carboxylic acids is 1. The van der Waals surface area contributed by atoms with Crippen molar-refractivity contribution in [3.05, 3.63) is 35.4 Å². The van der Waals surface area contributed by atoms with E-state index in [4.69, 9.17) is 0 Å². The molecule has 4 nitrogen and oxygen atoms in total. The third-order valence-corrected chi connectivity index (χ3v) is 3.07. The van der Waals surface area contributed by atoms with Crippen molar-refractivity contribution < 1.29 is 14.7 Å². The lowest BCUT2D eigenvalue weighted by Crippen LogP contribution is -2.32. The van der Waals surface area contributed by atoms with Crippen molar-refractivity contribution in [1.29, 1.82) is 0 Å². The molecule has 1 aromatic carbocycles. The zero-order valence-electron chi connectivity index (χ0n) is 9.44. The predicted molar refractivity (Wildman–Crippen MR) is 60.5 cm³/mol. The average Bonchev–Trinajstić information content (AvgIpc) is 2.82. The number of benzene rings is 1. The summed E-state index contributed by atoms with van der Waals surface area (Å²) in [6, 6.07) is 6.06. The van der Waals surface area contributed by atoms with Gasteiger partial charge in [-0.1, -0.05) is 25.0 Å². The summed E-state index contributed by atoms with van der Waals surface area (Å²) in [7, 11) is 0. The van der Waals surface area contributed by atoms with Gasteiger partial charge in [0, 0.05) is 11.6 Å². The Hall–Kier alpha value is -1.84. The van der Waals surface area contributed by atoms with E-state index in [-0.39, 0.29) is 17.5 Å². The van der Waals surface area contributed by atoms with Crippen molar-refractivity contribution in [2.45, 2.75) is 31.7 Å². The number of rotatable bonds is 3. The molecule has 0 saturated heterocycles. The van der Waals surface area contributed by atoms with Crippen molar-refractivity contribution in [3.63, 3.8) is 0 Å². The zero-order valence-corrected chi connectivity index (χ0v) is 9.44. The van der Waals surface area contributed by atoms with Gasteiger partial charge in [-0.15, -0.1) is 0 Å². The van der Waals surface area contributed by atoms with E-state index in [0.717, 1.165) is 25.7 Å². The van der Waals surface area contributed by atoms with Gasteiger partial charge in [0.2, 0.25) is 0 Å². The summed E-state index contributed by atoms with van der Waals surface area (Å²) in [5.74, 6) is -1.37. The van der Waals surface area contributed by atoms with Gasteiger partial charge in [-0.25, -0.2) is 0 Å². The summed E-state index contributed by atoms with van der Waals surface area (Å²) >= 11 is 0. The lowest BCUT2D eigenvalue weighted by Gasteiger charge is -2.12. The highest BCUT2D eigenvalue weighted by Gasteiger charge is 2.17. The molecule has 1 N–H and O–H groups in total. The van der Waals surface area contributed by atoms with Crippen LogP contribution in [0.3, 0.4) is 0 Å². The maximum Gasteiger partial charge on any atom is 0.251 e. The van der Waals surface area contributed by atoms with E-state index in [0.29, 0.717) is 5.56 Å². The summed E-state index contributed by atoms with van der Waals surface area (Å²) in [6.07, 6.45) is 4.38. The molecule has 1 aromatic rings. The van der Waals surface area contributed by atoms with Gasteiger partial charge in [-0.05, 0) is 30.5 Å². The Morgan fingerprint density at radius 2 is 1.59 bits per heavy atom. The van der Waals surface area contributed by atoms with Crippen molar-refractivity contribution in [2.75, 3.05) is 0 Å². The molecule has 0 heterocycles. The van der Waals surface area contributed by atoms with Crippen LogP contribution in [0.5, 0.6) is 0 Å². The molecule has 1 aliphatic carbocycles. The fourth-order valence-corrected chi connectivity index (χ4v) is 2.10. The normalized spacial score (nSPS) is 15.8. The molecule has 2 rings (SSSR count). The second kappa shape index (κ2) is 4.99. The second-order valence-electron chi connectivity index (χ2n) is 4.32. The van der Waals surface area contributed by atoms with Gasteiger partial charge in [0.25, 0.3) is 5.91 Å². The van der Waals surface area contributed by atoms with Crippen molar-refractivity contribution >= 4 is 11.9 Å². The number of hydrogen-bond acceptors (Lipinski definition) is 3. The fourth-order valence-electron chi connectivity index (χ4n) is 2.10. The van der Waals surface area contributed by atoms with Gasteiger partial charge in [0.15, 0.2) is 0 Å². The van der Waals surface area contributed by atoms with Crippen LogP contribution in [-0.4, -0.2) is 17.9 Å². The third-order valence-electron chi connectivity index (χ3n) is 3.07. The van der Waals surface area contributed by atoms with Crippen LogP contribution in [0, 0.1) is 0 Å². The summed E-state index contributed by atoms with van der Waals surface area (Å²) in [5.41, 5.74) is 0.573. The minimum Gasteiger partial charge on any atom is -0.545 e. The molecule has 0 spiro atoms. The smallest absolute Gasteiger partial charge is 0.251 e. The van der Waals surface area contributed by atoms with E-state index in [1.54, 1.807) is 0 Å². The van der Waals surface area contributed by atoms with Crippen molar-refractivity contribution in [3.8, 4) is 0 Å². The first-order valence-corrected chi connectivity index (χ1v) is 5.79. The highest BCUT2D eigenvalue weighted by molar-refractivity contribution is 5.95. The Bertz CT molecular complexity index is 419. The van der Waals surface area contributed by atoms with E-state index in [2.05, 4.69) is 5.32 Å². The van der Waals surface area contributed by atoms with Crippen LogP contribution in [-0.2, 0) is 0 Å². The van der Waals surface area contributed by atoms with Crippen molar-refractivity contribution in [2.24, 2.45) is 0 Å². The number of amides is 1. The lowest BCUT2D eigenvalue weighted by atomic mass is 10.1. The van der Waals surface area contributed by atoms with Gasteiger partial charge >= 0.3 is 0 Å². The van der Waals surface area contributed by atoms with Gasteiger partial charge in [0.1, 0.15) is 0 Å². The van der Waals surface area contributed by atoms with Crippen LogP contribution in [0.25, 0.3) is 0 Å². The first kappa shape index (κ1) is 11.6. The molecule has 0 atom stereocenters. The standard InChI is InChI=1S/C13H15NO3/c15-12(14-11-3-1-2-4-11)9-5-7-10(8-6-9)13(16)17/h5-8,11H,1-4H2,(H,14,15)(H,16,17)/p-1. The highest BCUT2D eigenvalue weighted by atomic mass is 16.4. The van der Waals surface area contributed by atoms with E-state index < -0.39 is 5.97 Å². The van der Waals surface area contributed by atoms with E-state index >= 15 is 0 Å². The molecule has 1 amide bonds. The van der Waals surface area contributed by atoms with Crippen LogP contribution in [0.4, 0.5) is 0 Å². The number of carboxylic acid groups (broad SMARTS) is 1. The minimum atomic E-state index is -1.23. The zero-order chi connectivity index (χ0) is 12.3. The minimum absolute atomic E-state index is 0.0856. The summed E-state index contributed by atoms with van der Waals surface area (Å²) in [5, 5.41) is 13.5. The van der Waals surface area contributed by atoms with Gasteiger partial charge < -0.3 is 15.2 Å². The maximum atomic E-state index is 11.8. The molecule has 0 unspecified atom stereocenters. The third kappa shape index (κ3) is 2.84. The Labute approximate surface area is 99.6 Å². The molecule has 17 heavy (non-hydrogen) atoms. The molecule has 0 aromatic heterocycles. The molecule has 0 aliphatic heterocycles. The first-order chi connectivity index (χ1) is 8.16. The number of carbonyl (C=O) groups excluding carboxylic acids is 2. The number of nitrogens with one attached hydrogen (secondary N) is 1. The van der Waals surface area contributed by atoms with Crippen LogP contribution < -0.4 is 10.4 Å². The summed E-state index contributed by atoms with van der Waals surface area (Å²) < 4.78 is 0. The predicted octanol–water partition coefficient (Wildman–Crippen LogP) is 0.722. The maximum absolute atomic E-state index is 11.8. The molecule has 1 fully saturated rings. The Kier molecular flexibility index (Phi) is 3.42. The SMILES string of the molecule is O=C([O-])c1ccc(C(=O)NC2CCCC2)cc1. The number of hydrogen-bond donors (Lipinski definition) is 1. The van der Waals surface area contributed by atoms with Gasteiger partial charge in [-0.3, -0.25) is 4.79 Å². The Morgan fingerprint density at radius 1 is 1.06 bits per heavy atom. The number of carbonyl (C=O) groups is 2. The molecule has 4 heteroatoms. The lowest BCUT2D eigenvalue weighted by molar-refractivity contribution is -0.255. The topological polar surface area (TPSA) is 69.2 Å². The van der Waals surface area contributed by atoms with E-state index in [1.165, 1.54) is 24.3 Å². The fraction of sp³-hybridized carbons (Fsp3) is 0.385. The van der Waals surface area contributed by atoms with Crippen LogP contribution in [0.15, 0.2) is 24.3 Å². The molecule has 1 saturated carbocycles. The van der Waals surface area contributed by atoms with E-state index in [1.807, 2.05) is 0 Å². The average molecular weight is 232 g/mol. The monoisotopic (exact) mass is 232 g/mol. The first-order valence-electron chi connectivity index (χ1n) is 5.79. The van der Waals surface area contributed by atoms with Gasteiger partial charge in [0.05, 0.1) is 5.97 Å².